The van der Waals surface area contributed by atoms with Gasteiger partial charge in [0.25, 0.3) is 0 Å². The summed E-state index contributed by atoms with van der Waals surface area (Å²) in [6.07, 6.45) is 6.43. The number of piperazine rings is 1. The molecule has 0 radical (unpaired) electrons. The Balaban J connectivity index is 1.54. The molecular weight excluding hydrogens is 408 g/mol. The third kappa shape index (κ3) is 4.10. The number of rotatable bonds is 4. The van der Waals surface area contributed by atoms with Gasteiger partial charge in [0, 0.05) is 37.2 Å². The predicted molar refractivity (Wildman–Crippen MR) is 115 cm³/mol. The van der Waals surface area contributed by atoms with Crippen LogP contribution in [-0.4, -0.2) is 59.6 Å². The summed E-state index contributed by atoms with van der Waals surface area (Å²) < 4.78 is 30.2. The van der Waals surface area contributed by atoms with Crippen molar-refractivity contribution in [3.63, 3.8) is 0 Å². The minimum atomic E-state index is -3.58. The van der Waals surface area contributed by atoms with Gasteiger partial charge in [0.15, 0.2) is 0 Å². The lowest BCUT2D eigenvalue weighted by molar-refractivity contribution is 0.111. The van der Waals surface area contributed by atoms with Gasteiger partial charge in [0.05, 0.1) is 17.1 Å². The molecule has 1 aromatic heterocycles. The number of hydrogen-bond acceptors (Lipinski definition) is 4. The fraction of sp³-hybridized carbons (Fsp3) is 0.571. The molecule has 2 fully saturated rings. The summed E-state index contributed by atoms with van der Waals surface area (Å²) in [5, 5.41) is 5.15. The Labute approximate surface area is 178 Å². The minimum absolute atomic E-state index is 0.332. The Morgan fingerprint density at radius 3 is 2.21 bits per heavy atom. The molecule has 1 aliphatic carbocycles. The first-order chi connectivity index (χ1) is 13.9. The number of benzene rings is 1. The first kappa shape index (κ1) is 20.8. The predicted octanol–water partition coefficient (Wildman–Crippen LogP) is 3.78. The first-order valence-corrected chi connectivity index (χ1v) is 12.3. The molecule has 1 aromatic carbocycles. The molecule has 0 N–H and O–H groups in total. The molecule has 4 rings (SSSR count). The van der Waals surface area contributed by atoms with Crippen molar-refractivity contribution in [2.45, 2.75) is 56.9 Å². The molecule has 2 heterocycles. The van der Waals surface area contributed by atoms with Gasteiger partial charge in [-0.2, -0.15) is 9.40 Å². The lowest BCUT2D eigenvalue weighted by atomic mass is 9.94. The Hall–Kier alpha value is -1.41. The van der Waals surface area contributed by atoms with Crippen molar-refractivity contribution >= 4 is 21.6 Å². The lowest BCUT2D eigenvalue weighted by Gasteiger charge is -2.40. The molecule has 0 amide bonds. The Bertz CT molecular complexity index is 957. The zero-order valence-electron chi connectivity index (χ0n) is 17.1. The number of aromatic nitrogens is 2. The minimum Gasteiger partial charge on any atom is -0.298 e. The highest BCUT2D eigenvalue weighted by molar-refractivity contribution is 7.89. The molecule has 158 valence electrons. The third-order valence-electron chi connectivity index (χ3n) is 6.26. The standard InChI is InChI=1S/C21H29ClN4O2S/c1-16-21(17(2)26(23-16)20-10-8-18(22)9-11-20)29(27,28)25-14-12-24(13-15-25)19-6-4-3-5-7-19/h8-11,19H,3-7,12-15H2,1-2H3. The van der Waals surface area contributed by atoms with Crippen molar-refractivity contribution in [1.29, 1.82) is 0 Å². The molecule has 1 saturated carbocycles. The van der Waals surface area contributed by atoms with Gasteiger partial charge in [0.1, 0.15) is 4.90 Å². The maximum absolute atomic E-state index is 13.4. The summed E-state index contributed by atoms with van der Waals surface area (Å²) in [4.78, 5) is 2.82. The third-order valence-corrected chi connectivity index (χ3v) is 8.66. The van der Waals surface area contributed by atoms with Crippen LogP contribution in [0.2, 0.25) is 5.02 Å². The summed E-state index contributed by atoms with van der Waals surface area (Å²) in [5.41, 5.74) is 1.98. The fourth-order valence-corrected chi connectivity index (χ4v) is 6.62. The quantitative estimate of drug-likeness (QED) is 0.731. The Kier molecular flexibility index (Phi) is 6.02. The number of aryl methyl sites for hydroxylation is 1. The van der Waals surface area contributed by atoms with Gasteiger partial charge in [-0.3, -0.25) is 4.90 Å². The normalized spacial score (nSPS) is 20.2. The molecular formula is C21H29ClN4O2S. The first-order valence-electron chi connectivity index (χ1n) is 10.4. The van der Waals surface area contributed by atoms with Crippen LogP contribution in [0.4, 0.5) is 0 Å². The largest absolute Gasteiger partial charge is 0.298 e. The summed E-state index contributed by atoms with van der Waals surface area (Å²) in [7, 11) is -3.58. The summed E-state index contributed by atoms with van der Waals surface area (Å²) in [5.74, 6) is 0. The molecule has 1 saturated heterocycles. The van der Waals surface area contributed by atoms with Crippen molar-refractivity contribution < 1.29 is 8.42 Å². The van der Waals surface area contributed by atoms with E-state index < -0.39 is 10.0 Å². The number of sulfonamides is 1. The molecule has 8 heteroatoms. The van der Waals surface area contributed by atoms with Crippen molar-refractivity contribution in [3.8, 4) is 5.69 Å². The average molecular weight is 437 g/mol. The number of nitrogens with zero attached hydrogens (tertiary/aromatic N) is 4. The summed E-state index contributed by atoms with van der Waals surface area (Å²) in [6.45, 7) is 6.30. The van der Waals surface area contributed by atoms with Crippen LogP contribution in [0.15, 0.2) is 29.2 Å². The van der Waals surface area contributed by atoms with Gasteiger partial charge in [0.2, 0.25) is 10.0 Å². The van der Waals surface area contributed by atoms with Gasteiger partial charge in [-0.1, -0.05) is 30.9 Å². The van der Waals surface area contributed by atoms with Crippen LogP contribution in [-0.2, 0) is 10.0 Å². The summed E-state index contributed by atoms with van der Waals surface area (Å²) in [6, 6.07) is 7.89. The van der Waals surface area contributed by atoms with Gasteiger partial charge in [-0.15, -0.1) is 0 Å². The van der Waals surface area contributed by atoms with E-state index in [0.717, 1.165) is 18.8 Å². The van der Waals surface area contributed by atoms with E-state index in [2.05, 4.69) is 10.00 Å². The maximum Gasteiger partial charge on any atom is 0.246 e. The van der Waals surface area contributed by atoms with E-state index in [4.69, 9.17) is 11.6 Å². The van der Waals surface area contributed by atoms with E-state index in [1.807, 2.05) is 19.1 Å². The van der Waals surface area contributed by atoms with E-state index in [1.165, 1.54) is 32.1 Å². The molecule has 29 heavy (non-hydrogen) atoms. The zero-order chi connectivity index (χ0) is 20.6. The van der Waals surface area contributed by atoms with Gasteiger partial charge in [-0.25, -0.2) is 13.1 Å². The van der Waals surface area contributed by atoms with Crippen molar-refractivity contribution in [3.05, 3.63) is 40.7 Å². The van der Waals surface area contributed by atoms with Gasteiger partial charge >= 0.3 is 0 Å². The molecule has 1 aliphatic heterocycles. The van der Waals surface area contributed by atoms with E-state index in [9.17, 15) is 8.42 Å². The van der Waals surface area contributed by atoms with Crippen LogP contribution < -0.4 is 0 Å². The number of halogens is 1. The smallest absolute Gasteiger partial charge is 0.246 e. The van der Waals surface area contributed by atoms with Crippen molar-refractivity contribution in [2.24, 2.45) is 0 Å². The van der Waals surface area contributed by atoms with Crippen LogP contribution in [0.3, 0.4) is 0 Å². The second-order valence-electron chi connectivity index (χ2n) is 8.12. The highest BCUT2D eigenvalue weighted by Gasteiger charge is 2.35. The second-order valence-corrected chi connectivity index (χ2v) is 10.4. The van der Waals surface area contributed by atoms with Crippen LogP contribution in [0.5, 0.6) is 0 Å². The molecule has 6 nitrogen and oxygen atoms in total. The molecule has 0 atom stereocenters. The lowest BCUT2D eigenvalue weighted by Crippen LogP contribution is -2.52. The van der Waals surface area contributed by atoms with E-state index >= 15 is 0 Å². The molecule has 0 spiro atoms. The second kappa shape index (κ2) is 8.38. The number of hydrogen-bond donors (Lipinski definition) is 0. The molecule has 2 aliphatic rings. The van der Waals surface area contributed by atoms with E-state index in [-0.39, 0.29) is 0 Å². The van der Waals surface area contributed by atoms with Crippen LogP contribution >= 0.6 is 11.6 Å². The van der Waals surface area contributed by atoms with Crippen molar-refractivity contribution in [1.82, 2.24) is 19.0 Å². The maximum atomic E-state index is 13.4. The average Bonchev–Trinajstić information content (AvgIpc) is 3.04. The van der Waals surface area contributed by atoms with E-state index in [0.29, 0.717) is 40.4 Å². The zero-order valence-corrected chi connectivity index (χ0v) is 18.7. The SMILES string of the molecule is Cc1nn(-c2ccc(Cl)cc2)c(C)c1S(=O)(=O)N1CCN(C2CCCCC2)CC1. The highest BCUT2D eigenvalue weighted by atomic mass is 35.5. The Morgan fingerprint density at radius 1 is 0.966 bits per heavy atom. The van der Waals surface area contributed by atoms with Crippen molar-refractivity contribution in [2.75, 3.05) is 26.2 Å². The summed E-state index contributed by atoms with van der Waals surface area (Å²) >= 11 is 5.98. The Morgan fingerprint density at radius 2 is 1.59 bits per heavy atom. The van der Waals surface area contributed by atoms with Crippen LogP contribution in [0, 0.1) is 13.8 Å². The van der Waals surface area contributed by atoms with Crippen LogP contribution in [0.25, 0.3) is 5.69 Å². The monoisotopic (exact) mass is 436 g/mol. The molecule has 2 aromatic rings. The van der Waals surface area contributed by atoms with Crippen LogP contribution in [0.1, 0.15) is 43.5 Å². The van der Waals surface area contributed by atoms with Gasteiger partial charge < -0.3 is 0 Å². The highest BCUT2D eigenvalue weighted by Crippen LogP contribution is 2.28. The van der Waals surface area contributed by atoms with E-state index in [1.54, 1.807) is 28.0 Å². The fourth-order valence-electron chi connectivity index (χ4n) is 4.72. The topological polar surface area (TPSA) is 58.4 Å². The molecule has 0 bridgehead atoms. The molecule has 0 unspecified atom stereocenters. The van der Waals surface area contributed by atoms with Gasteiger partial charge in [-0.05, 0) is 51.0 Å².